The molecular formula is C26H31N5O4. The molecule has 35 heavy (non-hydrogen) atoms. The number of H-pyrrole nitrogens is 1. The van der Waals surface area contributed by atoms with E-state index in [1.54, 1.807) is 12.1 Å². The molecule has 0 fully saturated rings. The molecule has 7 N–H and O–H groups in total. The fourth-order valence-electron chi connectivity index (χ4n) is 3.90. The van der Waals surface area contributed by atoms with Crippen molar-refractivity contribution in [3.05, 3.63) is 71.4 Å². The minimum Gasteiger partial charge on any atom is -0.481 e. The molecule has 1 heterocycles. The lowest BCUT2D eigenvalue weighted by atomic mass is 10.0. The highest BCUT2D eigenvalue weighted by atomic mass is 16.4. The SMILES string of the molecule is N=C(N)c1ccc(CCCCC(=O)N[C@@H](CC(=O)O)C(=O)NCCc2c[nH]c3ccccc23)cc1. The number of hydrogen-bond acceptors (Lipinski definition) is 4. The molecule has 0 radical (unpaired) electrons. The number of rotatable bonds is 13. The normalized spacial score (nSPS) is 11.7. The van der Waals surface area contributed by atoms with Gasteiger partial charge < -0.3 is 26.5 Å². The van der Waals surface area contributed by atoms with Crippen LogP contribution < -0.4 is 16.4 Å². The van der Waals surface area contributed by atoms with Gasteiger partial charge in [-0.05, 0) is 42.9 Å². The molecule has 1 aromatic heterocycles. The van der Waals surface area contributed by atoms with Crippen molar-refractivity contribution >= 4 is 34.5 Å². The third-order valence-electron chi connectivity index (χ3n) is 5.78. The van der Waals surface area contributed by atoms with Gasteiger partial charge in [0.05, 0.1) is 6.42 Å². The maximum Gasteiger partial charge on any atom is 0.305 e. The number of carbonyl (C=O) groups is 3. The molecule has 2 aromatic carbocycles. The number of para-hydroxylation sites is 1. The lowest BCUT2D eigenvalue weighted by molar-refractivity contribution is -0.140. The van der Waals surface area contributed by atoms with Crippen molar-refractivity contribution in [1.82, 2.24) is 15.6 Å². The maximum atomic E-state index is 12.6. The number of fused-ring (bicyclic) bond motifs is 1. The summed E-state index contributed by atoms with van der Waals surface area (Å²) < 4.78 is 0. The van der Waals surface area contributed by atoms with Gasteiger partial charge in [-0.15, -0.1) is 0 Å². The average Bonchev–Trinajstić information content (AvgIpc) is 3.24. The topological polar surface area (TPSA) is 161 Å². The van der Waals surface area contributed by atoms with E-state index >= 15 is 0 Å². The van der Waals surface area contributed by atoms with Crippen LogP contribution in [0.25, 0.3) is 10.9 Å². The first-order valence-corrected chi connectivity index (χ1v) is 11.6. The predicted molar refractivity (Wildman–Crippen MR) is 134 cm³/mol. The van der Waals surface area contributed by atoms with Gasteiger partial charge in [0, 0.05) is 35.6 Å². The Morgan fingerprint density at radius 3 is 2.49 bits per heavy atom. The van der Waals surface area contributed by atoms with Crippen LogP contribution in [0.4, 0.5) is 0 Å². The molecular weight excluding hydrogens is 446 g/mol. The van der Waals surface area contributed by atoms with Crippen molar-refractivity contribution in [3.8, 4) is 0 Å². The van der Waals surface area contributed by atoms with Crippen LogP contribution in [-0.2, 0) is 27.2 Å². The summed E-state index contributed by atoms with van der Waals surface area (Å²) in [5.74, 6) is -2.00. The van der Waals surface area contributed by atoms with Gasteiger partial charge in [-0.3, -0.25) is 19.8 Å². The van der Waals surface area contributed by atoms with Crippen molar-refractivity contribution in [2.75, 3.05) is 6.54 Å². The number of carbonyl (C=O) groups excluding carboxylic acids is 2. The average molecular weight is 478 g/mol. The predicted octanol–water partition coefficient (Wildman–Crippen LogP) is 2.48. The van der Waals surface area contributed by atoms with Gasteiger partial charge in [0.1, 0.15) is 11.9 Å². The van der Waals surface area contributed by atoms with Crippen molar-refractivity contribution in [2.24, 2.45) is 5.73 Å². The van der Waals surface area contributed by atoms with Crippen molar-refractivity contribution in [3.63, 3.8) is 0 Å². The molecule has 9 nitrogen and oxygen atoms in total. The number of unbranched alkanes of at least 4 members (excludes halogenated alkanes) is 1. The molecule has 0 saturated carbocycles. The number of aliphatic carboxylic acids is 1. The van der Waals surface area contributed by atoms with E-state index in [9.17, 15) is 19.5 Å². The highest BCUT2D eigenvalue weighted by Crippen LogP contribution is 2.17. The number of nitrogens with one attached hydrogen (secondary N) is 4. The summed E-state index contributed by atoms with van der Waals surface area (Å²) in [6, 6.07) is 14.1. The Morgan fingerprint density at radius 1 is 1.03 bits per heavy atom. The summed E-state index contributed by atoms with van der Waals surface area (Å²) in [5.41, 5.74) is 9.26. The monoisotopic (exact) mass is 477 g/mol. The van der Waals surface area contributed by atoms with Crippen LogP contribution in [0, 0.1) is 5.41 Å². The summed E-state index contributed by atoms with van der Waals surface area (Å²) >= 11 is 0. The molecule has 0 aliphatic carbocycles. The van der Waals surface area contributed by atoms with Crippen molar-refractivity contribution in [2.45, 2.75) is 44.6 Å². The minimum absolute atomic E-state index is 0.0196. The Morgan fingerprint density at radius 2 is 1.77 bits per heavy atom. The Labute approximate surface area is 203 Å². The van der Waals surface area contributed by atoms with E-state index in [1.165, 1.54) is 0 Å². The molecule has 0 aliphatic heterocycles. The zero-order valence-corrected chi connectivity index (χ0v) is 19.5. The first-order chi connectivity index (χ1) is 16.8. The smallest absolute Gasteiger partial charge is 0.305 e. The summed E-state index contributed by atoms with van der Waals surface area (Å²) in [5, 5.41) is 23.0. The number of nitrogen functional groups attached to an aromatic ring is 1. The Balaban J connectivity index is 1.42. The van der Waals surface area contributed by atoms with Crippen LogP contribution in [0.15, 0.2) is 54.7 Å². The highest BCUT2D eigenvalue weighted by molar-refractivity contribution is 5.95. The number of amides is 2. The molecule has 184 valence electrons. The first kappa shape index (κ1) is 25.5. The number of hydrogen-bond donors (Lipinski definition) is 6. The van der Waals surface area contributed by atoms with Crippen LogP contribution in [0.5, 0.6) is 0 Å². The van der Waals surface area contributed by atoms with Gasteiger partial charge in [-0.2, -0.15) is 0 Å². The summed E-state index contributed by atoms with van der Waals surface area (Å²) in [6.45, 7) is 0.328. The molecule has 2 amide bonds. The van der Waals surface area contributed by atoms with Crippen molar-refractivity contribution in [1.29, 1.82) is 5.41 Å². The second-order valence-electron chi connectivity index (χ2n) is 8.44. The summed E-state index contributed by atoms with van der Waals surface area (Å²) in [4.78, 5) is 39.3. The van der Waals surface area contributed by atoms with Crippen molar-refractivity contribution < 1.29 is 19.5 Å². The lowest BCUT2D eigenvalue weighted by Crippen LogP contribution is -2.48. The number of aromatic nitrogens is 1. The summed E-state index contributed by atoms with van der Waals surface area (Å²) in [6.07, 6.45) is 4.31. The fraction of sp³-hybridized carbons (Fsp3) is 0.308. The lowest BCUT2D eigenvalue weighted by Gasteiger charge is -2.17. The van der Waals surface area contributed by atoms with Crippen LogP contribution >= 0.6 is 0 Å². The van der Waals surface area contributed by atoms with E-state index in [1.807, 2.05) is 42.6 Å². The number of aryl methyl sites for hydroxylation is 1. The minimum atomic E-state index is -1.16. The third kappa shape index (κ3) is 7.70. The zero-order chi connectivity index (χ0) is 25.2. The Hall–Kier alpha value is -4.14. The van der Waals surface area contributed by atoms with E-state index in [4.69, 9.17) is 11.1 Å². The first-order valence-electron chi connectivity index (χ1n) is 11.6. The number of aromatic amines is 1. The van der Waals surface area contributed by atoms with Crippen LogP contribution in [-0.4, -0.2) is 46.3 Å². The highest BCUT2D eigenvalue weighted by Gasteiger charge is 2.23. The zero-order valence-electron chi connectivity index (χ0n) is 19.5. The van der Waals surface area contributed by atoms with E-state index in [-0.39, 0.29) is 18.2 Å². The Kier molecular flexibility index (Phi) is 9.00. The quantitative estimate of drug-likeness (QED) is 0.126. The van der Waals surface area contributed by atoms with Crippen LogP contribution in [0.3, 0.4) is 0 Å². The third-order valence-corrected chi connectivity index (χ3v) is 5.78. The molecule has 0 bridgehead atoms. The van der Waals surface area contributed by atoms with E-state index in [0.717, 1.165) is 34.9 Å². The van der Waals surface area contributed by atoms with Crippen LogP contribution in [0.2, 0.25) is 0 Å². The molecule has 0 unspecified atom stereocenters. The molecule has 3 aromatic rings. The second-order valence-corrected chi connectivity index (χ2v) is 8.44. The largest absolute Gasteiger partial charge is 0.481 e. The molecule has 1 atom stereocenters. The van der Waals surface area contributed by atoms with E-state index < -0.39 is 24.3 Å². The summed E-state index contributed by atoms with van der Waals surface area (Å²) in [7, 11) is 0. The van der Waals surface area contributed by atoms with Gasteiger partial charge in [-0.25, -0.2) is 0 Å². The molecule has 9 heteroatoms. The Bertz CT molecular complexity index is 1190. The molecule has 0 spiro atoms. The van der Waals surface area contributed by atoms with E-state index in [0.29, 0.717) is 24.9 Å². The number of carboxylic acids is 1. The van der Waals surface area contributed by atoms with Gasteiger partial charge in [-0.1, -0.05) is 42.5 Å². The fourth-order valence-corrected chi connectivity index (χ4v) is 3.90. The van der Waals surface area contributed by atoms with Gasteiger partial charge >= 0.3 is 5.97 Å². The van der Waals surface area contributed by atoms with Gasteiger partial charge in [0.25, 0.3) is 0 Å². The standard InChI is InChI=1S/C26H31N5O4/c27-25(28)18-11-9-17(10-12-18)5-1-4-8-23(32)31-22(15-24(33)34)26(35)29-14-13-19-16-30-21-7-3-2-6-20(19)21/h2-3,6-7,9-12,16,22,30H,1,4-5,8,13-15H2,(H3,27,28)(H,29,35)(H,31,32)(H,33,34)/t22-/m0/s1. The number of benzene rings is 2. The maximum absolute atomic E-state index is 12.6. The number of carboxylic acid groups (broad SMARTS) is 1. The second kappa shape index (κ2) is 12.4. The van der Waals surface area contributed by atoms with Gasteiger partial charge in [0.15, 0.2) is 0 Å². The molecule has 0 aliphatic rings. The number of nitrogens with two attached hydrogens (primary N) is 1. The molecule has 0 saturated heterocycles. The molecule has 3 rings (SSSR count). The van der Waals surface area contributed by atoms with Gasteiger partial charge in [0.2, 0.25) is 11.8 Å². The van der Waals surface area contributed by atoms with Crippen LogP contribution in [0.1, 0.15) is 42.4 Å². The number of amidine groups is 1. The van der Waals surface area contributed by atoms with E-state index in [2.05, 4.69) is 15.6 Å².